The zero-order valence-corrected chi connectivity index (χ0v) is 11.1. The molecule has 0 spiro atoms. The van der Waals surface area contributed by atoms with Gasteiger partial charge in [0.2, 0.25) is 5.82 Å². The second kappa shape index (κ2) is 3.74. The molecule has 0 atom stereocenters. The molecule has 0 bridgehead atoms. The highest BCUT2D eigenvalue weighted by molar-refractivity contribution is 5.91. The van der Waals surface area contributed by atoms with Crippen LogP contribution in [0.3, 0.4) is 0 Å². The fourth-order valence-electron chi connectivity index (χ4n) is 2.32. The molecule has 7 nitrogen and oxygen atoms in total. The first-order valence-corrected chi connectivity index (χ1v) is 6.08. The lowest BCUT2D eigenvalue weighted by Gasteiger charge is -2.43. The van der Waals surface area contributed by atoms with Crippen molar-refractivity contribution >= 4 is 11.7 Å². The smallest absolute Gasteiger partial charge is 0.293 e. The highest BCUT2D eigenvalue weighted by Crippen LogP contribution is 2.21. The Morgan fingerprint density at radius 3 is 2.68 bits per heavy atom. The van der Waals surface area contributed by atoms with Crippen LogP contribution < -0.4 is 0 Å². The van der Waals surface area contributed by atoms with Crippen LogP contribution in [-0.4, -0.2) is 54.2 Å². The van der Waals surface area contributed by atoms with Crippen LogP contribution in [0.1, 0.15) is 28.9 Å². The Kier molecular flexibility index (Phi) is 2.37. The van der Waals surface area contributed by atoms with Crippen molar-refractivity contribution in [1.29, 1.82) is 0 Å². The summed E-state index contributed by atoms with van der Waals surface area (Å²) in [6.45, 7) is 6.08. The highest BCUT2D eigenvalue weighted by Gasteiger charge is 2.40. The number of aromatic nitrogens is 4. The average molecular weight is 261 g/mol. The predicted octanol–water partition coefficient (Wildman–Crippen LogP) is -0.0521. The van der Waals surface area contributed by atoms with E-state index in [1.807, 2.05) is 19.9 Å². The number of hydrogen-bond donors (Lipinski definition) is 1. The first-order chi connectivity index (χ1) is 8.85. The normalized spacial score (nSPS) is 17.6. The molecule has 1 aliphatic rings. The lowest BCUT2D eigenvalue weighted by atomic mass is 9.97. The standard InChI is InChI=1S/C12H15N5O2/c1-7-4-8(2)17-11(13-7)14-9(15-17)10(18)16-5-12(3,19)6-16/h4,19H,5-6H2,1-3H3. The van der Waals surface area contributed by atoms with Crippen LogP contribution in [-0.2, 0) is 0 Å². The van der Waals surface area contributed by atoms with E-state index in [0.717, 1.165) is 11.4 Å². The van der Waals surface area contributed by atoms with Gasteiger partial charge in [0.25, 0.3) is 11.7 Å². The summed E-state index contributed by atoms with van der Waals surface area (Å²) in [5.74, 6) is 0.277. The maximum atomic E-state index is 12.1. The number of aliphatic hydroxyl groups is 1. The van der Waals surface area contributed by atoms with Gasteiger partial charge in [-0.15, -0.1) is 5.10 Å². The summed E-state index contributed by atoms with van der Waals surface area (Å²) in [4.78, 5) is 22.0. The molecule has 19 heavy (non-hydrogen) atoms. The van der Waals surface area contributed by atoms with Crippen molar-refractivity contribution < 1.29 is 9.90 Å². The molecule has 1 N–H and O–H groups in total. The topological polar surface area (TPSA) is 83.6 Å². The Morgan fingerprint density at radius 2 is 2.05 bits per heavy atom. The van der Waals surface area contributed by atoms with Crippen LogP contribution >= 0.6 is 0 Å². The fraction of sp³-hybridized carbons (Fsp3) is 0.500. The molecule has 0 aromatic carbocycles. The average Bonchev–Trinajstić information content (AvgIpc) is 2.68. The Morgan fingerprint density at radius 1 is 1.37 bits per heavy atom. The van der Waals surface area contributed by atoms with E-state index < -0.39 is 5.60 Å². The van der Waals surface area contributed by atoms with Gasteiger partial charge < -0.3 is 10.0 Å². The number of aryl methyl sites for hydroxylation is 2. The summed E-state index contributed by atoms with van der Waals surface area (Å²) in [5, 5.41) is 13.8. The van der Waals surface area contributed by atoms with Gasteiger partial charge in [-0.25, -0.2) is 9.50 Å². The molecule has 1 fully saturated rings. The summed E-state index contributed by atoms with van der Waals surface area (Å²) in [5.41, 5.74) is 0.924. The SMILES string of the molecule is Cc1cc(C)n2nc(C(=O)N3CC(C)(O)C3)nc2n1. The second-order valence-corrected chi connectivity index (χ2v) is 5.34. The lowest BCUT2D eigenvalue weighted by Crippen LogP contribution is -2.61. The van der Waals surface area contributed by atoms with Crippen molar-refractivity contribution in [3.8, 4) is 0 Å². The molecule has 3 rings (SSSR count). The van der Waals surface area contributed by atoms with Gasteiger partial charge in [0.1, 0.15) is 0 Å². The van der Waals surface area contributed by atoms with Gasteiger partial charge in [-0.2, -0.15) is 4.98 Å². The molecule has 0 radical (unpaired) electrons. The summed E-state index contributed by atoms with van der Waals surface area (Å²) in [6, 6.07) is 1.88. The third-order valence-electron chi connectivity index (χ3n) is 3.16. The van der Waals surface area contributed by atoms with Gasteiger partial charge in [-0.3, -0.25) is 4.79 Å². The Hall–Kier alpha value is -2.02. The summed E-state index contributed by atoms with van der Waals surface area (Å²) >= 11 is 0. The number of hydrogen-bond acceptors (Lipinski definition) is 5. The molecule has 1 amide bonds. The number of likely N-dealkylation sites (tertiary alicyclic amines) is 1. The van der Waals surface area contributed by atoms with Crippen LogP contribution in [0.4, 0.5) is 0 Å². The van der Waals surface area contributed by atoms with Crippen LogP contribution in [0.5, 0.6) is 0 Å². The predicted molar refractivity (Wildman–Crippen MR) is 66.8 cm³/mol. The number of amides is 1. The third kappa shape index (κ3) is 1.95. The molecule has 0 saturated carbocycles. The van der Waals surface area contributed by atoms with Gasteiger partial charge >= 0.3 is 0 Å². The first-order valence-electron chi connectivity index (χ1n) is 6.08. The molecular weight excluding hydrogens is 246 g/mol. The monoisotopic (exact) mass is 261 g/mol. The minimum Gasteiger partial charge on any atom is -0.386 e. The summed E-state index contributed by atoms with van der Waals surface area (Å²) in [7, 11) is 0. The maximum absolute atomic E-state index is 12.1. The van der Waals surface area contributed by atoms with E-state index in [1.54, 1.807) is 11.4 Å². The number of nitrogens with zero attached hydrogens (tertiary/aromatic N) is 5. The molecule has 3 heterocycles. The Balaban J connectivity index is 1.94. The number of carbonyl (C=O) groups is 1. The summed E-state index contributed by atoms with van der Waals surface area (Å²) < 4.78 is 1.55. The van der Waals surface area contributed by atoms with Crippen LogP contribution in [0.15, 0.2) is 6.07 Å². The molecule has 2 aromatic rings. The van der Waals surface area contributed by atoms with Crippen molar-refractivity contribution in [3.05, 3.63) is 23.3 Å². The van der Waals surface area contributed by atoms with Crippen LogP contribution in [0.2, 0.25) is 0 Å². The third-order valence-corrected chi connectivity index (χ3v) is 3.16. The minimum atomic E-state index is -0.792. The number of carbonyl (C=O) groups excluding carboxylic acids is 1. The molecule has 0 aliphatic carbocycles. The van der Waals surface area contributed by atoms with E-state index in [1.165, 1.54) is 4.90 Å². The molecule has 7 heteroatoms. The largest absolute Gasteiger partial charge is 0.386 e. The van der Waals surface area contributed by atoms with Crippen LogP contribution in [0.25, 0.3) is 5.78 Å². The molecule has 1 aliphatic heterocycles. The van der Waals surface area contributed by atoms with Crippen LogP contribution in [0, 0.1) is 13.8 Å². The van der Waals surface area contributed by atoms with Crippen molar-refractivity contribution in [2.45, 2.75) is 26.4 Å². The maximum Gasteiger partial charge on any atom is 0.293 e. The van der Waals surface area contributed by atoms with Gasteiger partial charge in [-0.05, 0) is 26.8 Å². The molecule has 0 unspecified atom stereocenters. The van der Waals surface area contributed by atoms with E-state index in [-0.39, 0.29) is 11.7 Å². The minimum absolute atomic E-state index is 0.122. The van der Waals surface area contributed by atoms with Crippen molar-refractivity contribution in [2.75, 3.05) is 13.1 Å². The highest BCUT2D eigenvalue weighted by atomic mass is 16.3. The van der Waals surface area contributed by atoms with Crippen molar-refractivity contribution in [2.24, 2.45) is 0 Å². The van der Waals surface area contributed by atoms with E-state index in [2.05, 4.69) is 15.1 Å². The number of rotatable bonds is 1. The van der Waals surface area contributed by atoms with E-state index in [4.69, 9.17) is 0 Å². The van der Waals surface area contributed by atoms with Gasteiger partial charge in [-0.1, -0.05) is 0 Å². The molecule has 100 valence electrons. The Bertz CT molecular complexity index is 668. The molecule has 2 aromatic heterocycles. The molecular formula is C12H15N5O2. The lowest BCUT2D eigenvalue weighted by molar-refractivity contribution is -0.0672. The van der Waals surface area contributed by atoms with Crippen molar-refractivity contribution in [1.82, 2.24) is 24.5 Å². The zero-order chi connectivity index (χ0) is 13.8. The molecule has 1 saturated heterocycles. The fourth-order valence-corrected chi connectivity index (χ4v) is 2.32. The quantitative estimate of drug-likeness (QED) is 0.778. The van der Waals surface area contributed by atoms with Gasteiger partial charge in [0, 0.05) is 11.4 Å². The van der Waals surface area contributed by atoms with E-state index in [9.17, 15) is 9.90 Å². The number of fused-ring (bicyclic) bond motifs is 1. The van der Waals surface area contributed by atoms with Crippen molar-refractivity contribution in [3.63, 3.8) is 0 Å². The Labute approximate surface area is 109 Å². The van der Waals surface area contributed by atoms with E-state index in [0.29, 0.717) is 18.9 Å². The van der Waals surface area contributed by atoms with Gasteiger partial charge in [0.15, 0.2) is 0 Å². The first kappa shape index (κ1) is 12.0. The number of β-amino-alcohol motifs (C(OH)–C–C–N with tert-alkyl or cyclic N) is 1. The van der Waals surface area contributed by atoms with Gasteiger partial charge in [0.05, 0.1) is 18.7 Å². The van der Waals surface area contributed by atoms with E-state index >= 15 is 0 Å². The summed E-state index contributed by atoms with van der Waals surface area (Å²) in [6.07, 6.45) is 0. The second-order valence-electron chi connectivity index (χ2n) is 5.34. The zero-order valence-electron chi connectivity index (χ0n) is 11.1.